The van der Waals surface area contributed by atoms with Crippen molar-refractivity contribution in [3.63, 3.8) is 0 Å². The number of nitrogens with zero attached hydrogens (tertiary/aromatic N) is 2. The molecule has 0 radical (unpaired) electrons. The van der Waals surface area contributed by atoms with Gasteiger partial charge in [-0.2, -0.15) is 0 Å². The molecule has 1 aromatic carbocycles. The molecular formula is C19H22ClN3O3S. The van der Waals surface area contributed by atoms with Gasteiger partial charge >= 0.3 is 5.97 Å². The number of carbonyl (C=O) groups is 1. The molecule has 6 nitrogen and oxygen atoms in total. The number of hydrogen-bond acceptors (Lipinski definition) is 7. The van der Waals surface area contributed by atoms with Crippen molar-refractivity contribution in [2.45, 2.75) is 20.8 Å². The molecule has 0 saturated carbocycles. The van der Waals surface area contributed by atoms with Gasteiger partial charge in [0.1, 0.15) is 27.6 Å². The molecule has 0 spiro atoms. The lowest BCUT2D eigenvalue weighted by molar-refractivity contribution is 0.0464. The van der Waals surface area contributed by atoms with E-state index >= 15 is 0 Å². The number of anilines is 2. The number of benzene rings is 1. The van der Waals surface area contributed by atoms with Gasteiger partial charge in [0.25, 0.3) is 0 Å². The van der Waals surface area contributed by atoms with E-state index in [0.29, 0.717) is 23.2 Å². The number of aromatic nitrogens is 2. The summed E-state index contributed by atoms with van der Waals surface area (Å²) in [5.74, 6) is 1.43. The SMILES string of the molecule is COc1ccc(Nc2ncnc3sc(C(=O)OCC(C)C)c(C)c23)cc1.Cl. The van der Waals surface area contributed by atoms with Crippen molar-refractivity contribution in [2.24, 2.45) is 5.92 Å². The van der Waals surface area contributed by atoms with Gasteiger partial charge in [-0.25, -0.2) is 14.8 Å². The van der Waals surface area contributed by atoms with Crippen molar-refractivity contribution in [3.05, 3.63) is 41.0 Å². The van der Waals surface area contributed by atoms with E-state index in [4.69, 9.17) is 9.47 Å². The summed E-state index contributed by atoms with van der Waals surface area (Å²) in [6, 6.07) is 7.56. The van der Waals surface area contributed by atoms with Crippen LogP contribution in [0.25, 0.3) is 10.2 Å². The molecule has 0 saturated heterocycles. The molecule has 3 rings (SSSR count). The lowest BCUT2D eigenvalue weighted by Gasteiger charge is -2.08. The smallest absolute Gasteiger partial charge is 0.348 e. The Kier molecular flexibility index (Phi) is 6.98. The molecule has 2 aromatic heterocycles. The zero-order valence-electron chi connectivity index (χ0n) is 15.6. The van der Waals surface area contributed by atoms with Crippen LogP contribution in [-0.4, -0.2) is 29.7 Å². The third kappa shape index (κ3) is 4.67. The van der Waals surface area contributed by atoms with Gasteiger partial charge in [0.15, 0.2) is 0 Å². The van der Waals surface area contributed by atoms with E-state index in [9.17, 15) is 4.79 Å². The number of hydrogen-bond donors (Lipinski definition) is 1. The van der Waals surface area contributed by atoms with Gasteiger partial charge in [0.05, 0.1) is 19.1 Å². The number of thiophene rings is 1. The lowest BCUT2D eigenvalue weighted by Crippen LogP contribution is -2.09. The molecule has 0 amide bonds. The first kappa shape index (κ1) is 20.9. The molecule has 8 heteroatoms. The molecule has 0 aliphatic heterocycles. The van der Waals surface area contributed by atoms with Crippen molar-refractivity contribution < 1.29 is 14.3 Å². The number of halogens is 1. The molecule has 144 valence electrons. The molecule has 0 fully saturated rings. The maximum Gasteiger partial charge on any atom is 0.348 e. The Balaban J connectivity index is 0.00000261. The third-order valence-electron chi connectivity index (χ3n) is 3.81. The third-order valence-corrected chi connectivity index (χ3v) is 4.99. The normalized spacial score (nSPS) is 10.6. The fourth-order valence-corrected chi connectivity index (χ4v) is 3.52. The summed E-state index contributed by atoms with van der Waals surface area (Å²) in [4.78, 5) is 22.4. The van der Waals surface area contributed by atoms with Crippen molar-refractivity contribution in [2.75, 3.05) is 19.0 Å². The van der Waals surface area contributed by atoms with Gasteiger partial charge < -0.3 is 14.8 Å². The second kappa shape index (κ2) is 9.01. The number of esters is 1. The van der Waals surface area contributed by atoms with Crippen LogP contribution in [0.4, 0.5) is 11.5 Å². The quantitative estimate of drug-likeness (QED) is 0.580. The standard InChI is InChI=1S/C19H21N3O3S.ClH/c1-11(2)9-25-19(23)16-12(3)15-17(20-10-21-18(15)26-16)22-13-5-7-14(24-4)8-6-13;/h5-8,10-11H,9H2,1-4H3,(H,20,21,22);1H. The predicted octanol–water partition coefficient (Wildman–Crippen LogP) is 4.99. The first-order valence-corrected chi connectivity index (χ1v) is 9.13. The van der Waals surface area contributed by atoms with Crippen LogP contribution in [0.15, 0.2) is 30.6 Å². The minimum Gasteiger partial charge on any atom is -0.497 e. The van der Waals surface area contributed by atoms with Crippen LogP contribution in [0.2, 0.25) is 0 Å². The van der Waals surface area contributed by atoms with E-state index in [2.05, 4.69) is 15.3 Å². The highest BCUT2D eigenvalue weighted by molar-refractivity contribution is 7.20. The van der Waals surface area contributed by atoms with Gasteiger partial charge in [-0.3, -0.25) is 0 Å². The van der Waals surface area contributed by atoms with E-state index in [1.54, 1.807) is 7.11 Å². The molecule has 1 N–H and O–H groups in total. The zero-order chi connectivity index (χ0) is 18.7. The molecule has 2 heterocycles. The van der Waals surface area contributed by atoms with E-state index in [-0.39, 0.29) is 18.4 Å². The number of carbonyl (C=O) groups excluding carboxylic acids is 1. The number of rotatable bonds is 6. The highest BCUT2D eigenvalue weighted by atomic mass is 35.5. The van der Waals surface area contributed by atoms with Crippen LogP contribution in [0.3, 0.4) is 0 Å². The van der Waals surface area contributed by atoms with Crippen molar-refractivity contribution in [1.29, 1.82) is 0 Å². The largest absolute Gasteiger partial charge is 0.497 e. The summed E-state index contributed by atoms with van der Waals surface area (Å²) in [7, 11) is 1.63. The molecule has 0 aliphatic carbocycles. The topological polar surface area (TPSA) is 73.3 Å². The van der Waals surface area contributed by atoms with Crippen molar-refractivity contribution in [1.82, 2.24) is 9.97 Å². The summed E-state index contributed by atoms with van der Waals surface area (Å²) in [6.45, 7) is 6.31. The molecule has 0 unspecified atom stereocenters. The highest BCUT2D eigenvalue weighted by Gasteiger charge is 2.20. The van der Waals surface area contributed by atoms with E-state index in [1.807, 2.05) is 45.0 Å². The summed E-state index contributed by atoms with van der Waals surface area (Å²) >= 11 is 1.33. The van der Waals surface area contributed by atoms with E-state index in [1.165, 1.54) is 17.7 Å². The Bertz CT molecular complexity index is 926. The zero-order valence-corrected chi connectivity index (χ0v) is 17.2. The average molecular weight is 408 g/mol. The Morgan fingerprint density at radius 2 is 1.93 bits per heavy atom. The molecule has 0 atom stereocenters. The summed E-state index contributed by atoms with van der Waals surface area (Å²) in [5.41, 5.74) is 1.70. The van der Waals surface area contributed by atoms with Gasteiger partial charge in [0.2, 0.25) is 0 Å². The monoisotopic (exact) mass is 407 g/mol. The number of nitrogens with one attached hydrogen (secondary N) is 1. The minimum atomic E-state index is -0.311. The number of ether oxygens (including phenoxy) is 2. The van der Waals surface area contributed by atoms with E-state index in [0.717, 1.165) is 27.2 Å². The average Bonchev–Trinajstić information content (AvgIpc) is 2.98. The number of fused-ring (bicyclic) bond motifs is 1. The molecule has 3 aromatic rings. The Morgan fingerprint density at radius 1 is 1.22 bits per heavy atom. The van der Waals surface area contributed by atoms with Crippen molar-refractivity contribution >= 4 is 51.4 Å². The predicted molar refractivity (Wildman–Crippen MR) is 111 cm³/mol. The van der Waals surface area contributed by atoms with Crippen LogP contribution < -0.4 is 10.1 Å². The Labute approximate surface area is 168 Å². The maximum atomic E-state index is 12.4. The second-order valence-electron chi connectivity index (χ2n) is 6.30. The molecule has 0 bridgehead atoms. The second-order valence-corrected chi connectivity index (χ2v) is 7.30. The van der Waals surface area contributed by atoms with Crippen LogP contribution >= 0.6 is 23.7 Å². The Morgan fingerprint density at radius 3 is 2.56 bits per heavy atom. The van der Waals surface area contributed by atoms with Crippen LogP contribution in [0, 0.1) is 12.8 Å². The minimum absolute atomic E-state index is 0. The van der Waals surface area contributed by atoms with Gasteiger partial charge in [-0.1, -0.05) is 13.8 Å². The number of aryl methyl sites for hydroxylation is 1. The van der Waals surface area contributed by atoms with Crippen LogP contribution in [0.5, 0.6) is 5.75 Å². The summed E-state index contributed by atoms with van der Waals surface area (Å²) < 4.78 is 10.5. The van der Waals surface area contributed by atoms with Crippen LogP contribution in [0.1, 0.15) is 29.1 Å². The molecule has 0 aliphatic rings. The number of methoxy groups -OCH3 is 1. The molecular weight excluding hydrogens is 386 g/mol. The van der Waals surface area contributed by atoms with E-state index < -0.39 is 0 Å². The maximum absolute atomic E-state index is 12.4. The fraction of sp³-hybridized carbons (Fsp3) is 0.316. The summed E-state index contributed by atoms with van der Waals surface area (Å²) in [5, 5.41) is 4.13. The van der Waals surface area contributed by atoms with Gasteiger partial charge in [-0.05, 0) is 42.7 Å². The Hall–Kier alpha value is -2.38. The lowest BCUT2D eigenvalue weighted by atomic mass is 10.2. The van der Waals surface area contributed by atoms with Gasteiger partial charge in [0, 0.05) is 5.69 Å². The fourth-order valence-electron chi connectivity index (χ4n) is 2.48. The van der Waals surface area contributed by atoms with Crippen LogP contribution in [-0.2, 0) is 4.74 Å². The molecule has 27 heavy (non-hydrogen) atoms. The first-order chi connectivity index (χ1) is 12.5. The summed E-state index contributed by atoms with van der Waals surface area (Å²) in [6.07, 6.45) is 1.49. The van der Waals surface area contributed by atoms with Gasteiger partial charge in [-0.15, -0.1) is 23.7 Å². The first-order valence-electron chi connectivity index (χ1n) is 8.32. The highest BCUT2D eigenvalue weighted by Crippen LogP contribution is 2.35. The van der Waals surface area contributed by atoms with Crippen molar-refractivity contribution in [3.8, 4) is 5.75 Å².